The van der Waals surface area contributed by atoms with Crippen LogP contribution in [0.3, 0.4) is 0 Å². The maximum Gasteiger partial charge on any atom is 0.139 e. The fraction of sp³-hybridized carbons (Fsp3) is 0.312. The highest BCUT2D eigenvalue weighted by Crippen LogP contribution is 2.30. The van der Waals surface area contributed by atoms with Gasteiger partial charge in [0.15, 0.2) is 0 Å². The molecule has 0 aliphatic rings. The van der Waals surface area contributed by atoms with Crippen LogP contribution in [-0.4, -0.2) is 15.8 Å². The molecule has 19 heavy (non-hydrogen) atoms. The molecular formula is C16H21N3. The van der Waals surface area contributed by atoms with Gasteiger partial charge in [0.2, 0.25) is 0 Å². The van der Waals surface area contributed by atoms with Gasteiger partial charge in [-0.2, -0.15) is 0 Å². The van der Waals surface area contributed by atoms with Crippen molar-refractivity contribution in [1.82, 2.24) is 9.55 Å². The molecule has 1 atom stereocenters. The Morgan fingerprint density at radius 3 is 2.95 bits per heavy atom. The van der Waals surface area contributed by atoms with Crippen LogP contribution < -0.4 is 0 Å². The maximum atomic E-state index is 4.63. The first-order valence-corrected chi connectivity index (χ1v) is 6.65. The van der Waals surface area contributed by atoms with Crippen LogP contribution in [0.5, 0.6) is 0 Å². The monoisotopic (exact) mass is 255 g/mol. The number of H-pyrrole nitrogens is 1. The van der Waals surface area contributed by atoms with Crippen molar-refractivity contribution in [1.29, 1.82) is 0 Å². The van der Waals surface area contributed by atoms with Crippen molar-refractivity contribution in [2.75, 3.05) is 0 Å². The summed E-state index contributed by atoms with van der Waals surface area (Å²) in [5.41, 5.74) is 3.19. The summed E-state index contributed by atoms with van der Waals surface area (Å²) in [6.07, 6.45) is 9.00. The van der Waals surface area contributed by atoms with Gasteiger partial charge in [0.1, 0.15) is 5.82 Å². The SMILES string of the molecule is C=C(c1cc[nH]c1)c1ccn(C)c1N=CC(C)CC. The van der Waals surface area contributed by atoms with Crippen molar-refractivity contribution in [2.45, 2.75) is 20.3 Å². The van der Waals surface area contributed by atoms with Crippen molar-refractivity contribution in [2.24, 2.45) is 18.0 Å². The molecule has 1 unspecified atom stereocenters. The molecule has 0 saturated carbocycles. The van der Waals surface area contributed by atoms with Gasteiger partial charge in [-0.3, -0.25) is 0 Å². The van der Waals surface area contributed by atoms with Gasteiger partial charge in [0.25, 0.3) is 0 Å². The first-order valence-electron chi connectivity index (χ1n) is 6.65. The van der Waals surface area contributed by atoms with E-state index in [0.29, 0.717) is 5.92 Å². The maximum absolute atomic E-state index is 4.63. The Bertz CT molecular complexity index is 573. The Kier molecular flexibility index (Phi) is 4.05. The van der Waals surface area contributed by atoms with E-state index in [4.69, 9.17) is 0 Å². The number of aliphatic imine (C=N–C) groups is 1. The van der Waals surface area contributed by atoms with E-state index in [0.717, 1.165) is 28.9 Å². The van der Waals surface area contributed by atoms with Crippen molar-refractivity contribution in [3.63, 3.8) is 0 Å². The predicted molar refractivity (Wildman–Crippen MR) is 81.9 cm³/mol. The van der Waals surface area contributed by atoms with Crippen molar-refractivity contribution < 1.29 is 0 Å². The molecule has 3 heteroatoms. The summed E-state index contributed by atoms with van der Waals surface area (Å²) >= 11 is 0. The number of aromatic nitrogens is 2. The highest BCUT2D eigenvalue weighted by Gasteiger charge is 2.11. The predicted octanol–water partition coefficient (Wildman–Crippen LogP) is 4.16. The van der Waals surface area contributed by atoms with Gasteiger partial charge < -0.3 is 9.55 Å². The fourth-order valence-electron chi connectivity index (χ4n) is 1.89. The van der Waals surface area contributed by atoms with E-state index in [-0.39, 0.29) is 0 Å². The Morgan fingerprint density at radius 2 is 2.32 bits per heavy atom. The summed E-state index contributed by atoms with van der Waals surface area (Å²) in [5.74, 6) is 1.45. The lowest BCUT2D eigenvalue weighted by Crippen LogP contribution is -1.94. The molecule has 0 aromatic carbocycles. The molecule has 2 aromatic heterocycles. The summed E-state index contributed by atoms with van der Waals surface area (Å²) in [7, 11) is 2.01. The van der Waals surface area contributed by atoms with Gasteiger partial charge in [-0.05, 0) is 35.6 Å². The molecule has 2 heterocycles. The Labute approximate surface area is 114 Å². The molecule has 0 bridgehead atoms. The van der Waals surface area contributed by atoms with E-state index >= 15 is 0 Å². The molecule has 0 aliphatic heterocycles. The van der Waals surface area contributed by atoms with Crippen LogP contribution in [0.1, 0.15) is 31.4 Å². The Hall–Kier alpha value is -2.03. The second-order valence-corrected chi connectivity index (χ2v) is 4.91. The minimum atomic E-state index is 0.489. The number of hydrogen-bond acceptors (Lipinski definition) is 1. The van der Waals surface area contributed by atoms with E-state index < -0.39 is 0 Å². The molecule has 0 saturated heterocycles. The largest absolute Gasteiger partial charge is 0.367 e. The van der Waals surface area contributed by atoms with Gasteiger partial charge in [-0.25, -0.2) is 4.99 Å². The van der Waals surface area contributed by atoms with E-state index in [1.54, 1.807) is 0 Å². The standard InChI is InChI=1S/C16H21N3/c1-5-12(2)10-18-16-15(7-9-19(16)4)13(3)14-6-8-17-11-14/h6-12,17H,3,5H2,1-2,4H3. The molecule has 0 amide bonds. The highest BCUT2D eigenvalue weighted by molar-refractivity contribution is 5.84. The van der Waals surface area contributed by atoms with Crippen LogP contribution in [0.15, 0.2) is 42.3 Å². The smallest absolute Gasteiger partial charge is 0.139 e. The summed E-state index contributed by atoms with van der Waals surface area (Å²) in [5, 5.41) is 0. The van der Waals surface area contributed by atoms with E-state index in [9.17, 15) is 0 Å². The minimum absolute atomic E-state index is 0.489. The fourth-order valence-corrected chi connectivity index (χ4v) is 1.89. The van der Waals surface area contributed by atoms with Crippen LogP contribution in [0.25, 0.3) is 5.57 Å². The second kappa shape index (κ2) is 5.74. The van der Waals surface area contributed by atoms with E-state index in [1.165, 1.54) is 0 Å². The van der Waals surface area contributed by atoms with Crippen LogP contribution >= 0.6 is 0 Å². The van der Waals surface area contributed by atoms with Gasteiger partial charge in [-0.15, -0.1) is 0 Å². The first kappa shape index (κ1) is 13.4. The quantitative estimate of drug-likeness (QED) is 0.778. The third-order valence-corrected chi connectivity index (χ3v) is 3.41. The van der Waals surface area contributed by atoms with Crippen LogP contribution in [-0.2, 0) is 7.05 Å². The third-order valence-electron chi connectivity index (χ3n) is 3.41. The molecular weight excluding hydrogens is 234 g/mol. The molecule has 3 nitrogen and oxygen atoms in total. The van der Waals surface area contributed by atoms with Gasteiger partial charge in [0.05, 0.1) is 0 Å². The van der Waals surface area contributed by atoms with Gasteiger partial charge >= 0.3 is 0 Å². The average Bonchev–Trinajstić information content (AvgIpc) is 3.05. The van der Waals surface area contributed by atoms with E-state index in [2.05, 4.69) is 36.5 Å². The lowest BCUT2D eigenvalue weighted by Gasteiger charge is -2.06. The van der Waals surface area contributed by atoms with Crippen LogP contribution in [0.4, 0.5) is 5.82 Å². The molecule has 0 spiro atoms. The summed E-state index contributed by atoms with van der Waals surface area (Å²) in [6, 6.07) is 4.09. The summed E-state index contributed by atoms with van der Waals surface area (Å²) in [6.45, 7) is 8.52. The second-order valence-electron chi connectivity index (χ2n) is 4.91. The number of nitrogens with zero attached hydrogens (tertiary/aromatic N) is 2. The van der Waals surface area contributed by atoms with Crippen molar-refractivity contribution in [3.8, 4) is 0 Å². The average molecular weight is 255 g/mol. The first-order chi connectivity index (χ1) is 9.13. The van der Waals surface area contributed by atoms with E-state index in [1.807, 2.05) is 42.5 Å². The zero-order valence-corrected chi connectivity index (χ0v) is 11.9. The number of hydrogen-bond donors (Lipinski definition) is 1. The van der Waals surface area contributed by atoms with Crippen molar-refractivity contribution >= 4 is 17.6 Å². The molecule has 0 fully saturated rings. The van der Waals surface area contributed by atoms with Crippen LogP contribution in [0.2, 0.25) is 0 Å². The molecule has 2 aromatic rings. The summed E-state index contributed by atoms with van der Waals surface area (Å²) in [4.78, 5) is 7.69. The molecule has 100 valence electrons. The minimum Gasteiger partial charge on any atom is -0.367 e. The number of aromatic amines is 1. The van der Waals surface area contributed by atoms with Gasteiger partial charge in [-0.1, -0.05) is 20.4 Å². The summed E-state index contributed by atoms with van der Waals surface area (Å²) < 4.78 is 2.03. The molecule has 0 radical (unpaired) electrons. The lowest BCUT2D eigenvalue weighted by atomic mass is 10.0. The highest BCUT2D eigenvalue weighted by atomic mass is 15.0. The number of rotatable bonds is 5. The molecule has 2 rings (SSSR count). The lowest BCUT2D eigenvalue weighted by molar-refractivity contribution is 0.753. The van der Waals surface area contributed by atoms with Gasteiger partial charge in [0, 0.05) is 37.4 Å². The Balaban J connectivity index is 2.32. The zero-order chi connectivity index (χ0) is 13.8. The zero-order valence-electron chi connectivity index (χ0n) is 11.9. The Morgan fingerprint density at radius 1 is 1.53 bits per heavy atom. The van der Waals surface area contributed by atoms with Crippen LogP contribution in [0, 0.1) is 5.92 Å². The number of nitrogens with one attached hydrogen (secondary N) is 1. The molecule has 0 aliphatic carbocycles. The topological polar surface area (TPSA) is 33.1 Å². The normalized spacial score (nSPS) is 13.0. The third kappa shape index (κ3) is 2.87. The van der Waals surface area contributed by atoms with Crippen molar-refractivity contribution in [3.05, 3.63) is 48.4 Å². The molecule has 1 N–H and O–H groups in total. The number of aryl methyl sites for hydroxylation is 1.